The number of carbonyl (C=O) groups is 1. The van der Waals surface area contributed by atoms with E-state index in [1.807, 2.05) is 6.07 Å². The maximum atomic E-state index is 12.0. The highest BCUT2D eigenvalue weighted by molar-refractivity contribution is 7.74. The average molecular weight is 255 g/mol. The van der Waals surface area contributed by atoms with Crippen LogP contribution in [0.4, 0.5) is 0 Å². The smallest absolute Gasteiger partial charge is 0.293 e. The summed E-state index contributed by atoms with van der Waals surface area (Å²) in [6.45, 7) is 3.23. The molecule has 6 heteroatoms. The lowest BCUT2D eigenvalue weighted by Crippen LogP contribution is -2.19. The number of oxime groups is 1. The van der Waals surface area contributed by atoms with Crippen molar-refractivity contribution in [3.8, 4) is 0 Å². The van der Waals surface area contributed by atoms with E-state index in [1.165, 1.54) is 0 Å². The van der Waals surface area contributed by atoms with Crippen molar-refractivity contribution in [2.24, 2.45) is 11.1 Å². The van der Waals surface area contributed by atoms with Crippen molar-refractivity contribution in [3.05, 3.63) is 35.9 Å². The van der Waals surface area contributed by atoms with Crippen LogP contribution in [0.15, 0.2) is 35.5 Å². The van der Waals surface area contributed by atoms with Gasteiger partial charge in [0.25, 0.3) is 0 Å². The zero-order valence-electron chi connectivity index (χ0n) is 9.49. The minimum absolute atomic E-state index is 0.112. The maximum Gasteiger partial charge on any atom is 0.378 e. The monoisotopic (exact) mass is 255 g/mol. The van der Waals surface area contributed by atoms with Crippen LogP contribution < -0.4 is 0 Å². The van der Waals surface area contributed by atoms with Crippen LogP contribution in [0, 0.1) is 5.92 Å². The molecule has 1 rings (SSSR count). The normalized spacial score (nSPS) is 15.1. The molecule has 0 radical (unpaired) electrons. The van der Waals surface area contributed by atoms with Gasteiger partial charge in [0.2, 0.25) is 0 Å². The second kappa shape index (κ2) is 6.27. The van der Waals surface area contributed by atoms with Crippen molar-refractivity contribution in [1.82, 2.24) is 0 Å². The van der Waals surface area contributed by atoms with E-state index in [9.17, 15) is 9.00 Å². The van der Waals surface area contributed by atoms with E-state index < -0.39 is 17.3 Å². The number of Topliss-reactive ketones (excluding diaryl/α,β-unsaturated/α-hetero) is 1. The Labute approximate surface area is 102 Å². The van der Waals surface area contributed by atoms with Gasteiger partial charge in [-0.25, -0.2) is 0 Å². The van der Waals surface area contributed by atoms with Crippen molar-refractivity contribution in [2.45, 2.75) is 13.8 Å². The first kappa shape index (κ1) is 13.5. The van der Waals surface area contributed by atoms with Crippen molar-refractivity contribution < 1.29 is 17.8 Å². The van der Waals surface area contributed by atoms with Crippen molar-refractivity contribution >= 4 is 22.9 Å². The van der Waals surface area contributed by atoms with Crippen LogP contribution in [0.5, 0.6) is 0 Å². The predicted octanol–water partition coefficient (Wildman–Crippen LogP) is 2.03. The van der Waals surface area contributed by atoms with E-state index >= 15 is 0 Å². The standard InChI is InChI=1S/C11H13NO4S/c1-8(9(2)12-16-17(14)15)11(13)10-6-4-3-5-7-10/h3-8H,1-2H3,(H,14,15)/b12-9+. The van der Waals surface area contributed by atoms with Gasteiger partial charge in [-0.3, -0.25) is 13.6 Å². The lowest BCUT2D eigenvalue weighted by Gasteiger charge is -2.08. The minimum Gasteiger partial charge on any atom is -0.293 e. The minimum atomic E-state index is -2.46. The predicted molar refractivity (Wildman–Crippen MR) is 64.9 cm³/mol. The SMILES string of the molecule is C/C(=N\OS(=O)O)C(C)C(=O)c1ccccc1. The third-order valence-corrected chi connectivity index (χ3v) is 2.53. The highest BCUT2D eigenvalue weighted by atomic mass is 32.2. The van der Waals surface area contributed by atoms with Crippen LogP contribution in [0.25, 0.3) is 0 Å². The lowest BCUT2D eigenvalue weighted by molar-refractivity contribution is 0.0960. The summed E-state index contributed by atoms with van der Waals surface area (Å²) in [4.78, 5) is 12.0. The van der Waals surface area contributed by atoms with Crippen molar-refractivity contribution in [1.29, 1.82) is 0 Å². The Morgan fingerprint density at radius 1 is 1.41 bits per heavy atom. The largest absolute Gasteiger partial charge is 0.378 e. The second-order valence-electron chi connectivity index (χ2n) is 3.48. The summed E-state index contributed by atoms with van der Waals surface area (Å²) >= 11 is -2.46. The molecule has 1 aromatic carbocycles. The molecule has 5 nitrogen and oxygen atoms in total. The van der Waals surface area contributed by atoms with Crippen LogP contribution >= 0.6 is 0 Å². The molecule has 2 unspecified atom stereocenters. The fourth-order valence-corrected chi connectivity index (χ4v) is 1.39. The van der Waals surface area contributed by atoms with Gasteiger partial charge in [0.05, 0.1) is 11.6 Å². The Balaban J connectivity index is 2.77. The summed E-state index contributed by atoms with van der Waals surface area (Å²) in [7, 11) is 0. The molecule has 0 heterocycles. The number of ketones is 1. The third kappa shape index (κ3) is 4.08. The second-order valence-corrected chi connectivity index (χ2v) is 4.06. The van der Waals surface area contributed by atoms with Gasteiger partial charge in [-0.05, 0) is 13.8 Å². The number of hydrogen-bond donors (Lipinski definition) is 1. The molecule has 0 saturated carbocycles. The Hall–Kier alpha value is -1.53. The molecule has 2 atom stereocenters. The highest BCUT2D eigenvalue weighted by Crippen LogP contribution is 2.10. The summed E-state index contributed by atoms with van der Waals surface area (Å²) in [5.74, 6) is -0.611. The zero-order chi connectivity index (χ0) is 12.8. The molecule has 1 aromatic rings. The molecular formula is C11H13NO4S. The van der Waals surface area contributed by atoms with E-state index in [0.29, 0.717) is 11.3 Å². The van der Waals surface area contributed by atoms with Crippen LogP contribution in [0.1, 0.15) is 24.2 Å². The van der Waals surface area contributed by atoms with Crippen LogP contribution in [-0.4, -0.2) is 20.3 Å². The van der Waals surface area contributed by atoms with Crippen LogP contribution in [0.2, 0.25) is 0 Å². The molecule has 17 heavy (non-hydrogen) atoms. The fourth-order valence-electron chi connectivity index (χ4n) is 1.21. The topological polar surface area (TPSA) is 76.0 Å². The number of nitrogens with zero attached hydrogens (tertiary/aromatic N) is 1. The molecule has 0 saturated heterocycles. The quantitative estimate of drug-likeness (QED) is 0.378. The van der Waals surface area contributed by atoms with Crippen LogP contribution in [0.3, 0.4) is 0 Å². The fraction of sp³-hybridized carbons (Fsp3) is 0.273. The first-order valence-electron chi connectivity index (χ1n) is 4.94. The van der Waals surface area contributed by atoms with E-state index in [-0.39, 0.29) is 5.78 Å². The van der Waals surface area contributed by atoms with E-state index in [0.717, 1.165) is 0 Å². The molecular weight excluding hydrogens is 242 g/mol. The van der Waals surface area contributed by atoms with E-state index in [2.05, 4.69) is 9.44 Å². The first-order valence-corrected chi connectivity index (χ1v) is 5.97. The summed E-state index contributed by atoms with van der Waals surface area (Å²) in [6, 6.07) is 8.77. The first-order chi connectivity index (χ1) is 8.02. The van der Waals surface area contributed by atoms with Gasteiger partial charge in [0, 0.05) is 5.56 Å². The number of hydrogen-bond acceptors (Lipinski definition) is 4. The number of carbonyl (C=O) groups excluding carboxylic acids is 1. The van der Waals surface area contributed by atoms with Crippen molar-refractivity contribution in [2.75, 3.05) is 0 Å². The Bertz CT molecular complexity index is 444. The molecule has 0 aromatic heterocycles. The molecule has 0 aliphatic carbocycles. The number of rotatable bonds is 5. The third-order valence-electron chi connectivity index (χ3n) is 2.32. The summed E-state index contributed by atoms with van der Waals surface area (Å²) in [5, 5.41) is 3.42. The van der Waals surface area contributed by atoms with E-state index in [1.54, 1.807) is 38.1 Å². The van der Waals surface area contributed by atoms with Gasteiger partial charge in [-0.2, -0.15) is 4.21 Å². The summed E-state index contributed by atoms with van der Waals surface area (Å²) in [5.41, 5.74) is 0.918. The highest BCUT2D eigenvalue weighted by Gasteiger charge is 2.18. The zero-order valence-corrected chi connectivity index (χ0v) is 10.3. The molecule has 1 N–H and O–H groups in total. The number of benzene rings is 1. The molecule has 0 aliphatic heterocycles. The van der Waals surface area contributed by atoms with Crippen molar-refractivity contribution in [3.63, 3.8) is 0 Å². The van der Waals surface area contributed by atoms with Crippen LogP contribution in [-0.2, 0) is 15.6 Å². The summed E-state index contributed by atoms with van der Waals surface area (Å²) in [6.07, 6.45) is 0. The molecule has 0 spiro atoms. The maximum absolute atomic E-state index is 12.0. The molecule has 0 amide bonds. The van der Waals surface area contributed by atoms with Gasteiger partial charge in [-0.15, -0.1) is 0 Å². The molecule has 0 fully saturated rings. The van der Waals surface area contributed by atoms with Gasteiger partial charge < -0.3 is 0 Å². The Morgan fingerprint density at radius 2 is 2.00 bits per heavy atom. The van der Waals surface area contributed by atoms with Gasteiger partial charge in [-0.1, -0.05) is 35.5 Å². The van der Waals surface area contributed by atoms with Gasteiger partial charge >= 0.3 is 11.4 Å². The molecule has 92 valence electrons. The van der Waals surface area contributed by atoms with Gasteiger partial charge in [0.1, 0.15) is 0 Å². The average Bonchev–Trinajstić information content (AvgIpc) is 2.35. The lowest BCUT2D eigenvalue weighted by atomic mass is 9.96. The van der Waals surface area contributed by atoms with E-state index in [4.69, 9.17) is 4.55 Å². The van der Waals surface area contributed by atoms with Gasteiger partial charge in [0.15, 0.2) is 5.78 Å². The molecule has 0 bridgehead atoms. The Kier molecular flexibility index (Phi) is 4.99. The summed E-state index contributed by atoms with van der Waals surface area (Å²) < 4.78 is 22.8. The Morgan fingerprint density at radius 3 is 2.53 bits per heavy atom. The molecule has 0 aliphatic rings.